The predicted molar refractivity (Wildman–Crippen MR) is 67.5 cm³/mol. The Morgan fingerprint density at radius 1 is 1.14 bits per heavy atom. The Bertz CT molecular complexity index is 624. The van der Waals surface area contributed by atoms with Crippen molar-refractivity contribution >= 4 is 5.69 Å². The van der Waals surface area contributed by atoms with Gasteiger partial charge in [-0.2, -0.15) is 23.7 Å². The van der Waals surface area contributed by atoms with Crippen LogP contribution in [0.15, 0.2) is 23.9 Å². The highest BCUT2D eigenvalue weighted by Crippen LogP contribution is 2.41. The van der Waals surface area contributed by atoms with Gasteiger partial charge >= 0.3 is 6.18 Å². The number of rotatable bonds is 4. The standard InChI is InChI=1S/C13H10F3N3O2/c1-20-11-4-12(21-2)10(3-9(11)13(14,15)16)19-7-8(5-17)6-18/h3-4,7,19H,1-2H3. The molecule has 110 valence electrons. The van der Waals surface area contributed by atoms with E-state index in [2.05, 4.69) is 10.1 Å². The average molecular weight is 297 g/mol. The van der Waals surface area contributed by atoms with Gasteiger partial charge in [0.15, 0.2) is 0 Å². The Morgan fingerprint density at radius 2 is 1.71 bits per heavy atom. The molecular weight excluding hydrogens is 287 g/mol. The van der Waals surface area contributed by atoms with E-state index in [9.17, 15) is 13.2 Å². The van der Waals surface area contributed by atoms with Crippen LogP contribution < -0.4 is 14.8 Å². The number of nitriles is 2. The summed E-state index contributed by atoms with van der Waals surface area (Å²) in [6.07, 6.45) is -3.63. The zero-order valence-corrected chi connectivity index (χ0v) is 11.1. The lowest BCUT2D eigenvalue weighted by atomic mass is 10.1. The topological polar surface area (TPSA) is 78.1 Å². The number of ether oxygens (including phenoxy) is 2. The molecule has 0 spiro atoms. The van der Waals surface area contributed by atoms with Gasteiger partial charge < -0.3 is 14.8 Å². The van der Waals surface area contributed by atoms with Gasteiger partial charge in [0.25, 0.3) is 0 Å². The quantitative estimate of drug-likeness (QED) is 0.864. The third-order valence-electron chi connectivity index (χ3n) is 2.44. The lowest BCUT2D eigenvalue weighted by Gasteiger charge is -2.16. The lowest BCUT2D eigenvalue weighted by Crippen LogP contribution is -2.09. The van der Waals surface area contributed by atoms with E-state index in [4.69, 9.17) is 15.3 Å². The van der Waals surface area contributed by atoms with Crippen molar-refractivity contribution in [3.63, 3.8) is 0 Å². The second kappa shape index (κ2) is 6.53. The third kappa shape index (κ3) is 3.80. The maximum absolute atomic E-state index is 12.9. The van der Waals surface area contributed by atoms with Gasteiger partial charge in [0.05, 0.1) is 25.5 Å². The molecule has 21 heavy (non-hydrogen) atoms. The van der Waals surface area contributed by atoms with E-state index in [-0.39, 0.29) is 17.0 Å². The Balaban J connectivity index is 3.35. The van der Waals surface area contributed by atoms with Crippen LogP contribution in [0.25, 0.3) is 0 Å². The summed E-state index contributed by atoms with van der Waals surface area (Å²) < 4.78 is 48.4. The van der Waals surface area contributed by atoms with E-state index in [1.54, 1.807) is 12.1 Å². The number of alkyl halides is 3. The molecule has 1 aromatic carbocycles. The third-order valence-corrected chi connectivity index (χ3v) is 2.44. The summed E-state index contributed by atoms with van der Waals surface area (Å²) in [5.74, 6) is -0.319. The SMILES string of the molecule is COc1cc(OC)c(C(F)(F)F)cc1NC=C(C#N)C#N. The molecule has 0 aliphatic heterocycles. The zero-order chi connectivity index (χ0) is 16.0. The van der Waals surface area contributed by atoms with E-state index < -0.39 is 17.5 Å². The van der Waals surface area contributed by atoms with Gasteiger partial charge in [-0.05, 0) is 6.07 Å². The molecule has 0 bridgehead atoms. The van der Waals surface area contributed by atoms with Crippen LogP contribution in [0.3, 0.4) is 0 Å². The van der Waals surface area contributed by atoms with Gasteiger partial charge in [0.1, 0.15) is 29.2 Å². The molecule has 0 aliphatic rings. The number of methoxy groups -OCH3 is 2. The molecule has 1 N–H and O–H groups in total. The zero-order valence-electron chi connectivity index (χ0n) is 11.1. The molecule has 0 atom stereocenters. The maximum Gasteiger partial charge on any atom is 0.420 e. The Morgan fingerprint density at radius 3 is 2.14 bits per heavy atom. The van der Waals surface area contributed by atoms with Crippen molar-refractivity contribution in [2.75, 3.05) is 19.5 Å². The number of anilines is 1. The summed E-state index contributed by atoms with van der Waals surface area (Å²) in [4.78, 5) is 0. The van der Waals surface area contributed by atoms with Crippen LogP contribution in [-0.2, 0) is 6.18 Å². The first-order valence-electron chi connectivity index (χ1n) is 5.47. The van der Waals surface area contributed by atoms with Crippen molar-refractivity contribution in [1.82, 2.24) is 0 Å². The summed E-state index contributed by atoms with van der Waals surface area (Å²) >= 11 is 0. The van der Waals surface area contributed by atoms with Crippen molar-refractivity contribution < 1.29 is 22.6 Å². The second-order valence-corrected chi connectivity index (χ2v) is 3.68. The summed E-state index contributed by atoms with van der Waals surface area (Å²) in [5, 5.41) is 19.6. The normalized spacial score (nSPS) is 10.0. The molecule has 0 saturated heterocycles. The van der Waals surface area contributed by atoms with Gasteiger partial charge in [-0.1, -0.05) is 0 Å². The van der Waals surface area contributed by atoms with Crippen LogP contribution in [0.1, 0.15) is 5.56 Å². The number of allylic oxidation sites excluding steroid dienone is 1. The molecular formula is C13H10F3N3O2. The summed E-state index contributed by atoms with van der Waals surface area (Å²) in [5.41, 5.74) is -1.34. The maximum atomic E-state index is 12.9. The van der Waals surface area contributed by atoms with Gasteiger partial charge in [-0.3, -0.25) is 0 Å². The molecule has 1 rings (SSSR count). The molecule has 1 aromatic rings. The van der Waals surface area contributed by atoms with Crippen molar-refractivity contribution in [3.8, 4) is 23.6 Å². The monoisotopic (exact) mass is 297 g/mol. The molecule has 0 heterocycles. The number of halogens is 3. The summed E-state index contributed by atoms with van der Waals surface area (Å²) in [6.45, 7) is 0. The van der Waals surface area contributed by atoms with Crippen molar-refractivity contribution in [3.05, 3.63) is 29.5 Å². The highest BCUT2D eigenvalue weighted by Gasteiger charge is 2.35. The molecule has 0 amide bonds. The van der Waals surface area contributed by atoms with Crippen LogP contribution in [0.5, 0.6) is 11.5 Å². The fraction of sp³-hybridized carbons (Fsp3) is 0.231. The number of nitrogens with zero attached hydrogens (tertiary/aromatic N) is 2. The highest BCUT2D eigenvalue weighted by molar-refractivity contribution is 5.64. The predicted octanol–water partition coefficient (Wildman–Crippen LogP) is 3.07. The lowest BCUT2D eigenvalue weighted by molar-refractivity contribution is -0.138. The average Bonchev–Trinajstić information content (AvgIpc) is 2.46. The van der Waals surface area contributed by atoms with Crippen LogP contribution in [0.2, 0.25) is 0 Å². The molecule has 0 aliphatic carbocycles. The van der Waals surface area contributed by atoms with Gasteiger partial charge in [-0.15, -0.1) is 0 Å². The number of hydrogen-bond donors (Lipinski definition) is 1. The van der Waals surface area contributed by atoms with Crippen LogP contribution in [0, 0.1) is 22.7 Å². The molecule has 0 radical (unpaired) electrons. The van der Waals surface area contributed by atoms with E-state index in [1.807, 2.05) is 0 Å². The first-order chi connectivity index (χ1) is 9.87. The summed E-state index contributed by atoms with van der Waals surface area (Å²) in [6, 6.07) is 5.00. The van der Waals surface area contributed by atoms with E-state index in [0.717, 1.165) is 25.4 Å². The Labute approximate surface area is 118 Å². The molecule has 5 nitrogen and oxygen atoms in total. The fourth-order valence-corrected chi connectivity index (χ4v) is 1.47. The minimum atomic E-state index is -4.62. The van der Waals surface area contributed by atoms with Gasteiger partial charge in [0, 0.05) is 12.3 Å². The largest absolute Gasteiger partial charge is 0.496 e. The minimum Gasteiger partial charge on any atom is -0.496 e. The molecule has 0 saturated carbocycles. The summed E-state index contributed by atoms with van der Waals surface area (Å²) in [7, 11) is 2.38. The number of hydrogen-bond acceptors (Lipinski definition) is 5. The Kier molecular flexibility index (Phi) is 5.03. The van der Waals surface area contributed by atoms with Crippen molar-refractivity contribution in [2.24, 2.45) is 0 Å². The number of nitrogens with one attached hydrogen (secondary N) is 1. The first-order valence-corrected chi connectivity index (χ1v) is 5.47. The smallest absolute Gasteiger partial charge is 0.420 e. The van der Waals surface area contributed by atoms with Gasteiger partial charge in [-0.25, -0.2) is 0 Å². The van der Waals surface area contributed by atoms with Crippen molar-refractivity contribution in [1.29, 1.82) is 10.5 Å². The van der Waals surface area contributed by atoms with E-state index in [1.165, 1.54) is 7.11 Å². The first kappa shape index (κ1) is 16.2. The number of benzene rings is 1. The van der Waals surface area contributed by atoms with Crippen molar-refractivity contribution in [2.45, 2.75) is 6.18 Å². The van der Waals surface area contributed by atoms with Crippen LogP contribution in [0.4, 0.5) is 18.9 Å². The molecule has 8 heteroatoms. The Hall–Kier alpha value is -2.87. The van der Waals surface area contributed by atoms with E-state index in [0.29, 0.717) is 0 Å². The van der Waals surface area contributed by atoms with E-state index >= 15 is 0 Å². The van der Waals surface area contributed by atoms with Crippen LogP contribution in [-0.4, -0.2) is 14.2 Å². The molecule has 0 unspecified atom stereocenters. The minimum absolute atomic E-state index is 0.0476. The fourth-order valence-electron chi connectivity index (χ4n) is 1.47. The molecule has 0 aromatic heterocycles. The highest BCUT2D eigenvalue weighted by atomic mass is 19.4. The van der Waals surface area contributed by atoms with Gasteiger partial charge in [0.2, 0.25) is 0 Å². The second-order valence-electron chi connectivity index (χ2n) is 3.68. The molecule has 0 fully saturated rings. The van der Waals surface area contributed by atoms with Crippen LogP contribution >= 0.6 is 0 Å².